The molecule has 20 heavy (non-hydrogen) atoms. The Kier molecular flexibility index (Phi) is 4.80. The van der Waals surface area contributed by atoms with Gasteiger partial charge in [-0.25, -0.2) is 0 Å². The number of hydrogen-bond donors (Lipinski definition) is 2. The first kappa shape index (κ1) is 15.4. The molecule has 1 aromatic rings. The number of nitrogens with zero attached hydrogens (tertiary/aromatic N) is 2. The number of hydrogen-bond acceptors (Lipinski definition) is 4. The topological polar surface area (TPSA) is 79.8 Å². The fourth-order valence-electron chi connectivity index (χ4n) is 1.82. The lowest BCUT2D eigenvalue weighted by Gasteiger charge is -2.16. The van der Waals surface area contributed by atoms with Gasteiger partial charge < -0.3 is 11.1 Å². The molecular weight excluding hydrogens is 319 g/mol. The standard InChI is InChI=1S/C12H14Cl2N4OS/c1-5(2)3-8(15)12(19)16-9-6(13)4-7(14)10-11(9)18-20-17-10/h4-5,8H,3,15H2,1-2H3,(H,16,19)/t8-/m1/s1. The van der Waals surface area contributed by atoms with Crippen LogP contribution >= 0.6 is 23.2 Å². The Morgan fingerprint density at radius 2 is 2.00 bits per heavy atom. The van der Waals surface area contributed by atoms with Gasteiger partial charge in [0.2, 0.25) is 5.91 Å². The Morgan fingerprint density at radius 1 is 1.35 bits per heavy atom. The molecule has 0 spiro atoms. The summed E-state index contributed by atoms with van der Waals surface area (Å²) in [5.41, 5.74) is 7.26. The predicted octanol–water partition coefficient (Wildman–Crippen LogP) is 4.03. The van der Waals surface area contributed by atoms with Gasteiger partial charge in [0.15, 0.2) is 0 Å². The van der Waals surface area contributed by atoms with Gasteiger partial charge in [-0.15, -0.1) is 0 Å². The van der Waals surface area contributed by atoms with E-state index < -0.39 is 6.04 Å². The SMILES string of the molecule is CC(C)C[C@@H](N)C(=O)Nc1c(Cl)cc(Cl)c2c1N=S=N2. The highest BCUT2D eigenvalue weighted by molar-refractivity contribution is 7.58. The van der Waals surface area contributed by atoms with Crippen LogP contribution in [0.2, 0.25) is 10.0 Å². The molecule has 0 aromatic heterocycles. The molecule has 1 aliphatic rings. The van der Waals surface area contributed by atoms with Crippen molar-refractivity contribution in [2.45, 2.75) is 26.3 Å². The lowest BCUT2D eigenvalue weighted by Crippen LogP contribution is -2.36. The smallest absolute Gasteiger partial charge is 0.241 e. The molecule has 0 aliphatic carbocycles. The van der Waals surface area contributed by atoms with E-state index in [0.29, 0.717) is 39.4 Å². The molecule has 8 heteroatoms. The van der Waals surface area contributed by atoms with Crippen LogP contribution in [-0.2, 0) is 16.1 Å². The lowest BCUT2D eigenvalue weighted by atomic mass is 10.0. The van der Waals surface area contributed by atoms with Crippen LogP contribution in [-0.4, -0.2) is 11.9 Å². The summed E-state index contributed by atoms with van der Waals surface area (Å²) in [6.07, 6.45) is 0.593. The van der Waals surface area contributed by atoms with E-state index in [1.807, 2.05) is 13.8 Å². The zero-order chi connectivity index (χ0) is 14.9. The lowest BCUT2D eigenvalue weighted by molar-refractivity contribution is -0.117. The molecular formula is C12H14Cl2N4OS. The second-order valence-electron chi connectivity index (χ2n) is 4.90. The van der Waals surface area contributed by atoms with Crippen LogP contribution in [0.1, 0.15) is 20.3 Å². The maximum Gasteiger partial charge on any atom is 0.241 e. The van der Waals surface area contributed by atoms with Crippen molar-refractivity contribution in [2.24, 2.45) is 20.4 Å². The Hall–Kier alpha value is -0.950. The quantitative estimate of drug-likeness (QED) is 0.886. The van der Waals surface area contributed by atoms with Crippen LogP contribution in [0.25, 0.3) is 0 Å². The number of halogens is 2. The molecule has 0 unspecified atom stereocenters. The van der Waals surface area contributed by atoms with Crippen LogP contribution in [0.15, 0.2) is 14.8 Å². The first-order valence-corrected chi connectivity index (χ1v) is 7.55. The molecule has 1 aliphatic heterocycles. The highest BCUT2D eigenvalue weighted by atomic mass is 35.5. The summed E-state index contributed by atoms with van der Waals surface area (Å²) in [5, 5.41) is 3.45. The highest BCUT2D eigenvalue weighted by Gasteiger charge is 2.22. The average Bonchev–Trinajstić information content (AvgIpc) is 2.82. The van der Waals surface area contributed by atoms with Gasteiger partial charge >= 0.3 is 0 Å². The largest absolute Gasteiger partial charge is 0.322 e. The zero-order valence-electron chi connectivity index (χ0n) is 11.0. The average molecular weight is 333 g/mol. The molecule has 3 N–H and O–H groups in total. The van der Waals surface area contributed by atoms with Gasteiger partial charge in [-0.2, -0.15) is 8.73 Å². The van der Waals surface area contributed by atoms with Crippen LogP contribution in [0.5, 0.6) is 0 Å². The van der Waals surface area contributed by atoms with E-state index in [0.717, 1.165) is 11.4 Å². The van der Waals surface area contributed by atoms with Crippen molar-refractivity contribution in [1.82, 2.24) is 0 Å². The van der Waals surface area contributed by atoms with E-state index in [-0.39, 0.29) is 5.91 Å². The van der Waals surface area contributed by atoms with Crippen molar-refractivity contribution in [2.75, 3.05) is 5.32 Å². The van der Waals surface area contributed by atoms with Crippen molar-refractivity contribution in [3.63, 3.8) is 0 Å². The van der Waals surface area contributed by atoms with Crippen LogP contribution in [0, 0.1) is 5.92 Å². The molecule has 0 saturated carbocycles. The molecule has 1 amide bonds. The number of fused-ring (bicyclic) bond motifs is 1. The maximum atomic E-state index is 12.1. The Bertz CT molecular complexity index is 626. The number of anilines is 1. The van der Waals surface area contributed by atoms with Gasteiger partial charge in [0, 0.05) is 0 Å². The van der Waals surface area contributed by atoms with Gasteiger partial charge in [0.05, 0.1) is 33.1 Å². The van der Waals surface area contributed by atoms with Crippen molar-refractivity contribution >= 4 is 57.5 Å². The van der Waals surface area contributed by atoms with Crippen molar-refractivity contribution in [3.8, 4) is 0 Å². The van der Waals surface area contributed by atoms with E-state index >= 15 is 0 Å². The van der Waals surface area contributed by atoms with E-state index in [1.54, 1.807) is 0 Å². The highest BCUT2D eigenvalue weighted by Crippen LogP contribution is 2.47. The Balaban J connectivity index is 2.25. The predicted molar refractivity (Wildman–Crippen MR) is 84.1 cm³/mol. The van der Waals surface area contributed by atoms with E-state index in [2.05, 4.69) is 14.0 Å². The van der Waals surface area contributed by atoms with Gasteiger partial charge in [-0.1, -0.05) is 37.0 Å². The number of carbonyl (C=O) groups excluding carboxylic acids is 1. The van der Waals surface area contributed by atoms with Crippen molar-refractivity contribution < 1.29 is 4.79 Å². The molecule has 1 heterocycles. The number of carbonyl (C=O) groups is 1. The Morgan fingerprint density at radius 3 is 2.65 bits per heavy atom. The first-order chi connectivity index (χ1) is 9.40. The molecule has 2 rings (SSSR count). The van der Waals surface area contributed by atoms with E-state index in [4.69, 9.17) is 28.9 Å². The molecule has 0 fully saturated rings. The number of nitrogens with one attached hydrogen (secondary N) is 1. The number of rotatable bonds is 4. The summed E-state index contributed by atoms with van der Waals surface area (Å²) < 4.78 is 8.20. The number of benzene rings is 1. The van der Waals surface area contributed by atoms with Gasteiger partial charge in [0.25, 0.3) is 0 Å². The molecule has 1 aromatic carbocycles. The third-order valence-electron chi connectivity index (χ3n) is 2.75. The van der Waals surface area contributed by atoms with Gasteiger partial charge in [-0.05, 0) is 18.4 Å². The van der Waals surface area contributed by atoms with Gasteiger partial charge in [-0.3, -0.25) is 4.79 Å². The summed E-state index contributed by atoms with van der Waals surface area (Å²) in [6, 6.07) is 0.944. The second-order valence-corrected chi connectivity index (χ2v) is 6.24. The molecule has 1 atom stereocenters. The van der Waals surface area contributed by atoms with Crippen molar-refractivity contribution in [3.05, 3.63) is 16.1 Å². The zero-order valence-corrected chi connectivity index (χ0v) is 13.3. The van der Waals surface area contributed by atoms with E-state index in [1.165, 1.54) is 6.07 Å². The number of nitrogens with two attached hydrogens (primary N) is 1. The maximum absolute atomic E-state index is 12.1. The Labute approximate surface area is 130 Å². The molecule has 0 bridgehead atoms. The number of amides is 1. The molecule has 108 valence electrons. The minimum atomic E-state index is -0.594. The molecule has 0 saturated heterocycles. The minimum Gasteiger partial charge on any atom is -0.322 e. The fraction of sp³-hybridized carbons (Fsp3) is 0.417. The van der Waals surface area contributed by atoms with Crippen LogP contribution < -0.4 is 11.1 Å². The third-order valence-corrected chi connectivity index (χ3v) is 3.87. The van der Waals surface area contributed by atoms with E-state index in [9.17, 15) is 4.79 Å². The van der Waals surface area contributed by atoms with Gasteiger partial charge in [0.1, 0.15) is 11.4 Å². The normalized spacial score (nSPS) is 14.1. The molecule has 0 radical (unpaired) electrons. The van der Waals surface area contributed by atoms with Crippen molar-refractivity contribution in [1.29, 1.82) is 0 Å². The second kappa shape index (κ2) is 6.22. The van der Waals surface area contributed by atoms with Crippen LogP contribution in [0.4, 0.5) is 17.1 Å². The first-order valence-electron chi connectivity index (χ1n) is 6.07. The third kappa shape index (κ3) is 3.20. The fourth-order valence-corrected chi connectivity index (χ4v) is 2.98. The monoisotopic (exact) mass is 332 g/mol. The molecule has 5 nitrogen and oxygen atoms in total. The summed E-state index contributed by atoms with van der Waals surface area (Å²) in [4.78, 5) is 12.1. The summed E-state index contributed by atoms with van der Waals surface area (Å²) >= 11 is 13.2. The summed E-state index contributed by atoms with van der Waals surface area (Å²) in [5.74, 6) is 0.0367. The summed E-state index contributed by atoms with van der Waals surface area (Å²) in [6.45, 7) is 4.01. The minimum absolute atomic E-state index is 0.294. The van der Waals surface area contributed by atoms with Crippen LogP contribution in [0.3, 0.4) is 0 Å². The summed E-state index contributed by atoms with van der Waals surface area (Å²) in [7, 11) is 0.